The van der Waals surface area contributed by atoms with Crippen molar-refractivity contribution in [2.45, 2.75) is 70.6 Å². The summed E-state index contributed by atoms with van der Waals surface area (Å²) in [5, 5.41) is 0. The van der Waals surface area contributed by atoms with Crippen molar-refractivity contribution in [1.82, 2.24) is 0 Å². The molecule has 0 aliphatic heterocycles. The Bertz CT molecular complexity index is 579. The number of hydrogen-bond donors (Lipinski definition) is 0. The minimum absolute atomic E-state index is 0. The second kappa shape index (κ2) is 32.8. The summed E-state index contributed by atoms with van der Waals surface area (Å²) >= 11 is 0. The molecule has 0 unspecified atom stereocenters. The predicted octanol–water partition coefficient (Wildman–Crippen LogP) is 5.87. The molecule has 0 aromatic heterocycles. The van der Waals surface area contributed by atoms with Crippen LogP contribution in [0.1, 0.15) is 69.8 Å². The van der Waals surface area contributed by atoms with Crippen molar-refractivity contribution in [2.24, 2.45) is 0 Å². The van der Waals surface area contributed by atoms with Crippen LogP contribution in [0, 0.1) is 38.7 Å². The zero-order valence-electron chi connectivity index (χ0n) is 18.7. The van der Waals surface area contributed by atoms with E-state index >= 15 is 0 Å². The molecule has 0 amide bonds. The van der Waals surface area contributed by atoms with Crippen molar-refractivity contribution in [3.63, 3.8) is 0 Å². The molecule has 2 aliphatic carbocycles. The molecule has 6 heteroatoms. The van der Waals surface area contributed by atoms with E-state index < -0.39 is 0 Å². The summed E-state index contributed by atoms with van der Waals surface area (Å²) in [4.78, 5) is 0. The van der Waals surface area contributed by atoms with Gasteiger partial charge in [0, 0.05) is 0 Å². The van der Waals surface area contributed by atoms with Gasteiger partial charge in [-0.3, -0.25) is 5.92 Å². The maximum atomic E-state index is 7.50. The molecule has 31 heavy (non-hydrogen) atoms. The third-order valence-electron chi connectivity index (χ3n) is 4.39. The molecular weight excluding hydrogens is 564 g/mol. The molecule has 1 aromatic rings. The van der Waals surface area contributed by atoms with E-state index in [9.17, 15) is 0 Å². The van der Waals surface area contributed by atoms with Crippen LogP contribution in [0.25, 0.3) is 0 Å². The van der Waals surface area contributed by atoms with Crippen molar-refractivity contribution < 1.29 is 44.5 Å². The average Bonchev–Trinajstić information content (AvgIpc) is 3.61. The van der Waals surface area contributed by atoms with Crippen LogP contribution in [0.4, 0.5) is 0 Å². The number of hydrogen-bond acceptors (Lipinski definition) is 2. The van der Waals surface area contributed by atoms with E-state index in [-0.39, 0.29) is 21.1 Å². The summed E-state index contributed by atoms with van der Waals surface area (Å²) in [7, 11) is 3.28. The van der Waals surface area contributed by atoms with E-state index in [0.29, 0.717) is 6.42 Å². The van der Waals surface area contributed by atoms with E-state index in [0.717, 1.165) is 17.1 Å². The van der Waals surface area contributed by atoms with E-state index in [2.05, 4.69) is 38.7 Å². The normalized spacial score (nSPS) is 11.9. The minimum atomic E-state index is 0. The van der Waals surface area contributed by atoms with Crippen LogP contribution in [0.5, 0.6) is 11.5 Å². The van der Waals surface area contributed by atoms with E-state index in [1.165, 1.54) is 64.2 Å². The molecule has 2 saturated carbocycles. The molecule has 3 rings (SSSR count). The third kappa shape index (κ3) is 22.7. The molecule has 0 N–H and O–H groups in total. The van der Waals surface area contributed by atoms with Gasteiger partial charge in [-0.25, -0.2) is 0 Å². The first-order chi connectivity index (χ1) is 14.8. The van der Waals surface area contributed by atoms with Gasteiger partial charge in [0.05, 0.1) is 14.2 Å². The monoisotopic (exact) mass is 597 g/mol. The molecule has 0 heterocycles. The van der Waals surface area contributed by atoms with Crippen LogP contribution in [0.3, 0.4) is 0 Å². The SMILES string of the molecule is C1CCCC1.C1CCCC1.[C-]#[O+].[C-]#[O+].[C-]#[O+].[CH2-]C#CCc1cc(OC)ccc1OC.[W+2]. The summed E-state index contributed by atoms with van der Waals surface area (Å²) in [5.74, 6) is 7.14. The fraction of sp³-hybridized carbons (Fsp3) is 0.520. The number of ether oxygens (including phenoxy) is 2. The molecule has 0 bridgehead atoms. The number of benzene rings is 1. The zero-order chi connectivity index (χ0) is 23.5. The van der Waals surface area contributed by atoms with Gasteiger partial charge in [0.15, 0.2) is 0 Å². The average molecular weight is 597 g/mol. The van der Waals surface area contributed by atoms with Gasteiger partial charge in [-0.15, -0.1) is 0 Å². The van der Waals surface area contributed by atoms with Crippen LogP contribution in [-0.2, 0) is 41.4 Å². The fourth-order valence-electron chi connectivity index (χ4n) is 2.95. The van der Waals surface area contributed by atoms with Gasteiger partial charge >= 0.3 is 55.0 Å². The molecular formula is C25H33O5W+. The molecule has 168 valence electrons. The molecule has 0 saturated heterocycles. The van der Waals surface area contributed by atoms with Crippen LogP contribution < -0.4 is 9.47 Å². The van der Waals surface area contributed by atoms with Crippen molar-refractivity contribution >= 4 is 0 Å². The van der Waals surface area contributed by atoms with Crippen molar-refractivity contribution in [1.29, 1.82) is 0 Å². The first-order valence-electron chi connectivity index (χ1n) is 9.89. The zero-order valence-corrected chi connectivity index (χ0v) is 21.6. The van der Waals surface area contributed by atoms with Gasteiger partial charge in [-0.05, 0) is 30.2 Å². The van der Waals surface area contributed by atoms with Crippen LogP contribution >= 0.6 is 0 Å². The molecule has 0 spiro atoms. The smallest absolute Gasteiger partial charge is 0.497 e. The van der Waals surface area contributed by atoms with Gasteiger partial charge < -0.3 is 15.4 Å². The van der Waals surface area contributed by atoms with E-state index in [4.69, 9.17) is 23.4 Å². The maximum Gasteiger partial charge on any atom is 2.00 e. The first-order valence-corrected chi connectivity index (χ1v) is 9.89. The Morgan fingerprint density at radius 3 is 1.45 bits per heavy atom. The Labute approximate surface area is 203 Å². The molecule has 1 aromatic carbocycles. The quantitative estimate of drug-likeness (QED) is 0.248. The second-order valence-corrected chi connectivity index (χ2v) is 6.24. The Hall–Kier alpha value is -1.84. The number of methoxy groups -OCH3 is 2. The standard InChI is InChI=1S/C12H13O2.2C5H10.3CO.W/c1-4-5-6-10-9-11(13-2)7-8-12(10)14-3;2*1-2-4-5-3-1;3*1-2;/h7-9H,1,6H2,2-3H3;2*1-5H2;;;;/q-1;;;;;;+2. The van der Waals surface area contributed by atoms with Gasteiger partial charge in [0.2, 0.25) is 0 Å². The Morgan fingerprint density at radius 2 is 1.16 bits per heavy atom. The van der Waals surface area contributed by atoms with Gasteiger partial charge in [0.25, 0.3) is 0 Å². The largest absolute Gasteiger partial charge is 2.00 e. The van der Waals surface area contributed by atoms with Crippen LogP contribution in [-0.4, -0.2) is 14.2 Å². The fourth-order valence-corrected chi connectivity index (χ4v) is 2.95. The first kappa shape index (κ1) is 36.5. The summed E-state index contributed by atoms with van der Waals surface area (Å²) in [6, 6.07) is 5.65. The van der Waals surface area contributed by atoms with Crippen molar-refractivity contribution in [2.75, 3.05) is 14.2 Å². The maximum absolute atomic E-state index is 7.50. The Kier molecular flexibility index (Phi) is 38.7. The summed E-state index contributed by atoms with van der Waals surface area (Å²) in [5.41, 5.74) is 1.02. The van der Waals surface area contributed by atoms with Gasteiger partial charge in [-0.2, -0.15) is 6.92 Å². The minimum Gasteiger partial charge on any atom is -0.497 e. The molecule has 0 radical (unpaired) electrons. The molecule has 2 fully saturated rings. The summed E-state index contributed by atoms with van der Waals surface area (Å²) in [6.45, 7) is 17.0. The molecule has 2 aliphatic rings. The van der Waals surface area contributed by atoms with Crippen LogP contribution in [0.15, 0.2) is 18.2 Å². The third-order valence-corrected chi connectivity index (χ3v) is 4.39. The van der Waals surface area contributed by atoms with Crippen molar-refractivity contribution in [3.8, 4) is 23.3 Å². The van der Waals surface area contributed by atoms with Crippen molar-refractivity contribution in [3.05, 3.63) is 50.6 Å². The van der Waals surface area contributed by atoms with Gasteiger partial charge in [-0.1, -0.05) is 64.2 Å². The summed E-state index contributed by atoms with van der Waals surface area (Å²) < 4.78 is 32.8. The number of rotatable bonds is 3. The molecule has 0 atom stereocenters. The topological polar surface area (TPSA) is 78.2 Å². The summed E-state index contributed by atoms with van der Waals surface area (Å²) in [6.07, 6.45) is 15.6. The predicted molar refractivity (Wildman–Crippen MR) is 114 cm³/mol. The second-order valence-electron chi connectivity index (χ2n) is 6.24. The van der Waals surface area contributed by atoms with Crippen LogP contribution in [0.2, 0.25) is 0 Å². The van der Waals surface area contributed by atoms with Gasteiger partial charge in [0.1, 0.15) is 11.5 Å². The van der Waals surface area contributed by atoms with E-state index in [1.54, 1.807) is 14.2 Å². The molecule has 5 nitrogen and oxygen atoms in total. The Morgan fingerprint density at radius 1 is 0.774 bits per heavy atom. The Balaban J connectivity index is -0.000000177. The van der Waals surface area contributed by atoms with E-state index in [1.807, 2.05) is 18.2 Å².